The van der Waals surface area contributed by atoms with Gasteiger partial charge in [-0.05, 0) is 30.2 Å². The fraction of sp³-hybridized carbons (Fsp3) is 0.200. The van der Waals surface area contributed by atoms with Crippen molar-refractivity contribution >= 4 is 5.91 Å². The summed E-state index contributed by atoms with van der Waals surface area (Å²) in [5.74, 6) is 1.14. The quantitative estimate of drug-likeness (QED) is 0.746. The molecule has 0 saturated carbocycles. The van der Waals surface area contributed by atoms with Crippen LogP contribution in [0.25, 0.3) is 11.1 Å². The lowest BCUT2D eigenvalue weighted by Gasteiger charge is -2.11. The predicted octanol–water partition coefficient (Wildman–Crippen LogP) is 3.63. The first kappa shape index (κ1) is 16.8. The molecule has 1 N–H and O–H groups in total. The van der Waals surface area contributed by atoms with E-state index in [1.165, 1.54) is 0 Å². The summed E-state index contributed by atoms with van der Waals surface area (Å²) in [6.45, 7) is 2.32. The Kier molecular flexibility index (Phi) is 5.14. The van der Waals surface area contributed by atoms with Gasteiger partial charge in [0.15, 0.2) is 0 Å². The van der Waals surface area contributed by atoms with Crippen molar-refractivity contribution in [1.82, 2.24) is 10.5 Å². The molecule has 0 aliphatic carbocycles. The molecule has 25 heavy (non-hydrogen) atoms. The molecule has 0 saturated heterocycles. The molecule has 5 nitrogen and oxygen atoms in total. The van der Waals surface area contributed by atoms with E-state index in [2.05, 4.69) is 10.5 Å². The third-order valence-corrected chi connectivity index (χ3v) is 3.89. The molecule has 0 radical (unpaired) electrons. The largest absolute Gasteiger partial charge is 0.496 e. The SMILES string of the molecule is COc1ccc(-c2ccccc2)cc1C(=O)NCCc1cc(C)on1. The van der Waals surface area contributed by atoms with Crippen molar-refractivity contribution in [2.75, 3.05) is 13.7 Å². The van der Waals surface area contributed by atoms with Gasteiger partial charge >= 0.3 is 0 Å². The molecule has 5 heteroatoms. The normalized spacial score (nSPS) is 10.5. The summed E-state index contributed by atoms with van der Waals surface area (Å²) in [5, 5.41) is 6.83. The first-order valence-corrected chi connectivity index (χ1v) is 8.11. The van der Waals surface area contributed by atoms with Gasteiger partial charge in [-0.25, -0.2) is 0 Å². The summed E-state index contributed by atoms with van der Waals surface area (Å²) in [7, 11) is 1.56. The Bertz CT molecular complexity index is 856. The second kappa shape index (κ2) is 7.66. The van der Waals surface area contributed by atoms with Crippen molar-refractivity contribution in [2.24, 2.45) is 0 Å². The number of nitrogens with one attached hydrogen (secondary N) is 1. The summed E-state index contributed by atoms with van der Waals surface area (Å²) in [6, 6.07) is 17.4. The number of hydrogen-bond acceptors (Lipinski definition) is 4. The van der Waals surface area contributed by atoms with Crippen LogP contribution < -0.4 is 10.1 Å². The van der Waals surface area contributed by atoms with Crippen molar-refractivity contribution in [3.63, 3.8) is 0 Å². The van der Waals surface area contributed by atoms with E-state index in [1.807, 2.05) is 61.5 Å². The molecule has 0 bridgehead atoms. The zero-order chi connectivity index (χ0) is 17.6. The molecule has 3 rings (SSSR count). The van der Waals surface area contributed by atoms with Crippen molar-refractivity contribution in [1.29, 1.82) is 0 Å². The lowest BCUT2D eigenvalue weighted by atomic mass is 10.0. The first-order chi connectivity index (χ1) is 12.2. The number of aryl methyl sites for hydroxylation is 1. The van der Waals surface area contributed by atoms with Gasteiger partial charge in [-0.15, -0.1) is 0 Å². The maximum atomic E-state index is 12.6. The topological polar surface area (TPSA) is 64.4 Å². The summed E-state index contributed by atoms with van der Waals surface area (Å²) >= 11 is 0. The van der Waals surface area contributed by atoms with Crippen molar-refractivity contribution in [2.45, 2.75) is 13.3 Å². The van der Waals surface area contributed by atoms with Crippen LogP contribution >= 0.6 is 0 Å². The number of nitrogens with zero attached hydrogens (tertiary/aromatic N) is 1. The number of ether oxygens (including phenoxy) is 1. The maximum Gasteiger partial charge on any atom is 0.255 e. The fourth-order valence-electron chi connectivity index (χ4n) is 2.63. The van der Waals surface area contributed by atoms with Gasteiger partial charge in [0.05, 0.1) is 18.4 Å². The summed E-state index contributed by atoms with van der Waals surface area (Å²) in [6.07, 6.45) is 0.615. The second-order valence-electron chi connectivity index (χ2n) is 5.72. The standard InChI is InChI=1S/C20H20N2O3/c1-14-12-17(22-25-14)10-11-21-20(23)18-13-16(8-9-19(18)24-2)15-6-4-3-5-7-15/h3-9,12-13H,10-11H2,1-2H3,(H,21,23). The molecule has 0 unspecified atom stereocenters. The minimum absolute atomic E-state index is 0.171. The molecule has 0 spiro atoms. The molecule has 0 aliphatic rings. The van der Waals surface area contributed by atoms with E-state index in [1.54, 1.807) is 7.11 Å². The minimum atomic E-state index is -0.171. The highest BCUT2D eigenvalue weighted by atomic mass is 16.5. The first-order valence-electron chi connectivity index (χ1n) is 8.11. The molecule has 1 amide bonds. The van der Waals surface area contributed by atoms with Crippen LogP contribution in [0, 0.1) is 6.92 Å². The van der Waals surface area contributed by atoms with Crippen molar-refractivity contribution in [3.8, 4) is 16.9 Å². The zero-order valence-electron chi connectivity index (χ0n) is 14.3. The van der Waals surface area contributed by atoms with Crippen LogP contribution in [0.2, 0.25) is 0 Å². The number of rotatable bonds is 6. The summed E-state index contributed by atoms with van der Waals surface area (Å²) in [5.41, 5.74) is 3.36. The number of aromatic nitrogens is 1. The van der Waals surface area contributed by atoms with Gasteiger partial charge in [0.1, 0.15) is 11.5 Å². The lowest BCUT2D eigenvalue weighted by molar-refractivity contribution is 0.0951. The minimum Gasteiger partial charge on any atom is -0.496 e. The predicted molar refractivity (Wildman–Crippen MR) is 95.7 cm³/mol. The molecule has 1 aromatic heterocycles. The number of carbonyl (C=O) groups excluding carboxylic acids is 1. The highest BCUT2D eigenvalue weighted by Gasteiger charge is 2.14. The second-order valence-corrected chi connectivity index (χ2v) is 5.72. The average Bonchev–Trinajstić information content (AvgIpc) is 3.07. The summed E-state index contributed by atoms with van der Waals surface area (Å²) < 4.78 is 10.4. The molecule has 2 aromatic carbocycles. The highest BCUT2D eigenvalue weighted by Crippen LogP contribution is 2.26. The van der Waals surface area contributed by atoms with Gasteiger partial charge < -0.3 is 14.6 Å². The lowest BCUT2D eigenvalue weighted by Crippen LogP contribution is -2.26. The van der Waals surface area contributed by atoms with E-state index < -0.39 is 0 Å². The maximum absolute atomic E-state index is 12.6. The molecule has 1 heterocycles. The average molecular weight is 336 g/mol. The molecular formula is C20H20N2O3. The Morgan fingerprint density at radius 3 is 2.60 bits per heavy atom. The van der Waals surface area contributed by atoms with Crippen LogP contribution in [0.5, 0.6) is 5.75 Å². The molecule has 128 valence electrons. The van der Waals surface area contributed by atoms with Gasteiger partial charge in [-0.3, -0.25) is 4.79 Å². The fourth-order valence-corrected chi connectivity index (χ4v) is 2.63. The Morgan fingerprint density at radius 2 is 1.92 bits per heavy atom. The third kappa shape index (κ3) is 4.07. The van der Waals surface area contributed by atoms with Gasteiger partial charge in [-0.2, -0.15) is 0 Å². The van der Waals surface area contributed by atoms with Crippen LogP contribution in [0.4, 0.5) is 0 Å². The Hall–Kier alpha value is -3.08. The van der Waals surface area contributed by atoms with Gasteiger partial charge in [0, 0.05) is 19.0 Å². The number of benzene rings is 2. The highest BCUT2D eigenvalue weighted by molar-refractivity contribution is 5.98. The zero-order valence-corrected chi connectivity index (χ0v) is 14.3. The van der Waals surface area contributed by atoms with Crippen molar-refractivity contribution < 1.29 is 14.1 Å². The molecule has 0 fully saturated rings. The Morgan fingerprint density at radius 1 is 1.12 bits per heavy atom. The smallest absolute Gasteiger partial charge is 0.255 e. The molecular weight excluding hydrogens is 316 g/mol. The third-order valence-electron chi connectivity index (χ3n) is 3.89. The van der Waals surface area contributed by atoms with Gasteiger partial charge in [0.2, 0.25) is 0 Å². The van der Waals surface area contributed by atoms with Gasteiger partial charge in [-0.1, -0.05) is 41.6 Å². The van der Waals surface area contributed by atoms with E-state index >= 15 is 0 Å². The van der Waals surface area contributed by atoms with E-state index in [-0.39, 0.29) is 5.91 Å². The molecule has 3 aromatic rings. The summed E-state index contributed by atoms with van der Waals surface area (Å²) in [4.78, 5) is 12.6. The van der Waals surface area contributed by atoms with Crippen LogP contribution in [-0.4, -0.2) is 24.7 Å². The number of carbonyl (C=O) groups is 1. The number of methoxy groups -OCH3 is 1. The number of hydrogen-bond donors (Lipinski definition) is 1. The van der Waals surface area contributed by atoms with E-state index in [9.17, 15) is 4.79 Å². The Labute approximate surface area is 146 Å². The number of amides is 1. The van der Waals surface area contributed by atoms with Crippen molar-refractivity contribution in [3.05, 3.63) is 71.6 Å². The molecule has 0 atom stereocenters. The van der Waals surface area contributed by atoms with E-state index in [4.69, 9.17) is 9.26 Å². The van der Waals surface area contributed by atoms with Gasteiger partial charge in [0.25, 0.3) is 5.91 Å². The monoisotopic (exact) mass is 336 g/mol. The van der Waals surface area contributed by atoms with Crippen LogP contribution in [0.1, 0.15) is 21.8 Å². The van der Waals surface area contributed by atoms with Crippen LogP contribution in [0.3, 0.4) is 0 Å². The van der Waals surface area contributed by atoms with Crippen LogP contribution in [0.15, 0.2) is 59.1 Å². The van der Waals surface area contributed by atoms with E-state index in [0.29, 0.717) is 24.3 Å². The molecule has 0 aliphatic heterocycles. The van der Waals surface area contributed by atoms with E-state index in [0.717, 1.165) is 22.6 Å². The van der Waals surface area contributed by atoms with Crippen LogP contribution in [-0.2, 0) is 6.42 Å². The Balaban J connectivity index is 1.73.